The molecule has 1 fully saturated rings. The van der Waals surface area contributed by atoms with Crippen molar-refractivity contribution in [1.82, 2.24) is 10.2 Å². The molecular weight excluding hydrogens is 206 g/mol. The number of likely N-dealkylation sites (N-methyl/N-ethyl adjacent to an activating group) is 1. The Bertz CT molecular complexity index is 247. The molecule has 0 aliphatic carbocycles. The molecule has 1 rings (SSSR count). The Labute approximate surface area is 97.3 Å². The Kier molecular flexibility index (Phi) is 4.70. The zero-order valence-electron chi connectivity index (χ0n) is 10.5. The van der Waals surface area contributed by atoms with E-state index in [-0.39, 0.29) is 5.91 Å². The van der Waals surface area contributed by atoms with E-state index in [0.29, 0.717) is 6.10 Å². The van der Waals surface area contributed by atoms with Crippen molar-refractivity contribution in [1.29, 1.82) is 0 Å². The number of nitrogens with two attached hydrogens (primary N) is 1. The van der Waals surface area contributed by atoms with Gasteiger partial charge in [0.05, 0.1) is 11.6 Å². The van der Waals surface area contributed by atoms with E-state index in [1.54, 1.807) is 14.2 Å². The number of rotatable bonds is 6. The van der Waals surface area contributed by atoms with Gasteiger partial charge in [0, 0.05) is 26.7 Å². The molecule has 0 bridgehead atoms. The van der Waals surface area contributed by atoms with Crippen LogP contribution in [0, 0.1) is 0 Å². The lowest BCUT2D eigenvalue weighted by Gasteiger charge is -2.27. The summed E-state index contributed by atoms with van der Waals surface area (Å²) in [6.45, 7) is 4.71. The second kappa shape index (κ2) is 5.61. The first-order valence-corrected chi connectivity index (χ1v) is 5.76. The third-order valence-corrected chi connectivity index (χ3v) is 3.59. The second-order valence-corrected chi connectivity index (χ2v) is 4.64. The maximum absolute atomic E-state index is 11.3. The topological polar surface area (TPSA) is 67.6 Å². The number of ether oxygens (including phenoxy) is 1. The minimum Gasteiger partial charge on any atom is -0.380 e. The van der Waals surface area contributed by atoms with Gasteiger partial charge in [0.2, 0.25) is 5.91 Å². The van der Waals surface area contributed by atoms with Crippen LogP contribution in [0.4, 0.5) is 0 Å². The lowest BCUT2D eigenvalue weighted by molar-refractivity contribution is -0.124. The zero-order chi connectivity index (χ0) is 12.2. The van der Waals surface area contributed by atoms with Crippen LogP contribution in [0.15, 0.2) is 0 Å². The predicted molar refractivity (Wildman–Crippen MR) is 63.1 cm³/mol. The van der Waals surface area contributed by atoms with E-state index in [4.69, 9.17) is 10.5 Å². The van der Waals surface area contributed by atoms with Crippen molar-refractivity contribution in [3.8, 4) is 0 Å². The molecule has 3 N–H and O–H groups in total. The van der Waals surface area contributed by atoms with Crippen LogP contribution in [0.1, 0.15) is 19.8 Å². The molecule has 16 heavy (non-hydrogen) atoms. The molecule has 0 saturated carbocycles. The first kappa shape index (κ1) is 13.4. The molecule has 2 atom stereocenters. The largest absolute Gasteiger partial charge is 0.380 e. The Morgan fingerprint density at radius 1 is 1.69 bits per heavy atom. The normalized spacial score (nSPS) is 25.6. The van der Waals surface area contributed by atoms with Crippen molar-refractivity contribution in [3.05, 3.63) is 0 Å². The van der Waals surface area contributed by atoms with Crippen LogP contribution >= 0.6 is 0 Å². The smallest absolute Gasteiger partial charge is 0.237 e. The van der Waals surface area contributed by atoms with E-state index < -0.39 is 5.54 Å². The summed E-state index contributed by atoms with van der Waals surface area (Å²) in [5, 5.41) is 2.99. The number of amides is 1. The monoisotopic (exact) mass is 229 g/mol. The summed E-state index contributed by atoms with van der Waals surface area (Å²) in [7, 11) is 3.52. The fourth-order valence-electron chi connectivity index (χ4n) is 1.95. The maximum atomic E-state index is 11.3. The number of primary amides is 1. The van der Waals surface area contributed by atoms with E-state index in [0.717, 1.165) is 32.5 Å². The number of carbonyl (C=O) groups is 1. The average Bonchev–Trinajstić information content (AvgIpc) is 2.73. The first-order valence-electron chi connectivity index (χ1n) is 5.76. The van der Waals surface area contributed by atoms with Crippen LogP contribution in [0.2, 0.25) is 0 Å². The molecule has 5 heteroatoms. The number of methoxy groups -OCH3 is 1. The highest BCUT2D eigenvalue weighted by molar-refractivity contribution is 5.84. The SMILES string of the molecule is CNC(C)(CCN1CCC(OC)C1)C(N)=O. The van der Waals surface area contributed by atoms with Gasteiger partial charge in [0.15, 0.2) is 0 Å². The predicted octanol–water partition coefficient (Wildman–Crippen LogP) is -0.439. The third-order valence-electron chi connectivity index (χ3n) is 3.59. The summed E-state index contributed by atoms with van der Waals surface area (Å²) in [5.41, 5.74) is 4.77. The minimum atomic E-state index is -0.606. The lowest BCUT2D eigenvalue weighted by atomic mass is 9.97. The van der Waals surface area contributed by atoms with E-state index in [1.807, 2.05) is 6.92 Å². The van der Waals surface area contributed by atoms with Crippen molar-refractivity contribution in [2.75, 3.05) is 33.8 Å². The van der Waals surface area contributed by atoms with Crippen molar-refractivity contribution >= 4 is 5.91 Å². The molecule has 5 nitrogen and oxygen atoms in total. The fraction of sp³-hybridized carbons (Fsp3) is 0.909. The Hall–Kier alpha value is -0.650. The first-order chi connectivity index (χ1) is 7.51. The molecule has 94 valence electrons. The van der Waals surface area contributed by atoms with Crippen LogP contribution in [-0.4, -0.2) is 56.2 Å². The summed E-state index contributed by atoms with van der Waals surface area (Å²) >= 11 is 0. The number of nitrogens with zero attached hydrogens (tertiary/aromatic N) is 1. The number of nitrogens with one attached hydrogen (secondary N) is 1. The standard InChI is InChI=1S/C11H23N3O2/c1-11(13-2,10(12)15)5-7-14-6-4-9(8-14)16-3/h9,13H,4-8H2,1-3H3,(H2,12,15). The zero-order valence-corrected chi connectivity index (χ0v) is 10.5. The van der Waals surface area contributed by atoms with Gasteiger partial charge in [-0.15, -0.1) is 0 Å². The number of carbonyl (C=O) groups excluding carboxylic acids is 1. The Morgan fingerprint density at radius 2 is 2.38 bits per heavy atom. The van der Waals surface area contributed by atoms with Crippen LogP contribution in [0.25, 0.3) is 0 Å². The molecule has 0 radical (unpaired) electrons. The van der Waals surface area contributed by atoms with Gasteiger partial charge < -0.3 is 20.7 Å². The number of likely N-dealkylation sites (tertiary alicyclic amines) is 1. The van der Waals surface area contributed by atoms with Crippen molar-refractivity contribution in [2.24, 2.45) is 5.73 Å². The van der Waals surface area contributed by atoms with Crippen LogP contribution in [0.3, 0.4) is 0 Å². The van der Waals surface area contributed by atoms with Crippen molar-refractivity contribution in [3.63, 3.8) is 0 Å². The maximum Gasteiger partial charge on any atom is 0.237 e. The molecule has 1 saturated heterocycles. The van der Waals surface area contributed by atoms with Gasteiger partial charge in [0.1, 0.15) is 0 Å². The quantitative estimate of drug-likeness (QED) is 0.648. The van der Waals surface area contributed by atoms with Crippen molar-refractivity contribution in [2.45, 2.75) is 31.4 Å². The van der Waals surface area contributed by atoms with Gasteiger partial charge >= 0.3 is 0 Å². The highest BCUT2D eigenvalue weighted by Crippen LogP contribution is 2.15. The average molecular weight is 229 g/mol. The molecular formula is C11H23N3O2. The van der Waals surface area contributed by atoms with Gasteiger partial charge in [-0.05, 0) is 26.8 Å². The molecule has 1 amide bonds. The van der Waals surface area contributed by atoms with E-state index in [9.17, 15) is 4.79 Å². The lowest BCUT2D eigenvalue weighted by Crippen LogP contribution is -2.53. The summed E-state index contributed by atoms with van der Waals surface area (Å²) < 4.78 is 5.30. The number of hydrogen-bond acceptors (Lipinski definition) is 4. The molecule has 1 heterocycles. The van der Waals surface area contributed by atoms with E-state index in [2.05, 4.69) is 10.2 Å². The summed E-state index contributed by atoms with van der Waals surface area (Å²) in [6, 6.07) is 0. The van der Waals surface area contributed by atoms with Gasteiger partial charge in [-0.1, -0.05) is 0 Å². The van der Waals surface area contributed by atoms with Gasteiger partial charge in [-0.25, -0.2) is 0 Å². The second-order valence-electron chi connectivity index (χ2n) is 4.64. The highest BCUT2D eigenvalue weighted by Gasteiger charge is 2.30. The number of hydrogen-bond donors (Lipinski definition) is 2. The van der Waals surface area contributed by atoms with Crippen molar-refractivity contribution < 1.29 is 9.53 Å². The van der Waals surface area contributed by atoms with Crippen LogP contribution in [-0.2, 0) is 9.53 Å². The Morgan fingerprint density at radius 3 is 2.81 bits per heavy atom. The molecule has 0 aromatic heterocycles. The van der Waals surface area contributed by atoms with Crippen LogP contribution in [0.5, 0.6) is 0 Å². The molecule has 0 aromatic rings. The van der Waals surface area contributed by atoms with E-state index >= 15 is 0 Å². The molecule has 0 spiro atoms. The molecule has 2 unspecified atom stereocenters. The molecule has 0 aromatic carbocycles. The Balaban J connectivity index is 2.37. The molecule has 1 aliphatic rings. The third kappa shape index (κ3) is 3.17. The van der Waals surface area contributed by atoms with Gasteiger partial charge in [-0.3, -0.25) is 4.79 Å². The minimum absolute atomic E-state index is 0.294. The fourth-order valence-corrected chi connectivity index (χ4v) is 1.95. The van der Waals surface area contributed by atoms with Crippen LogP contribution < -0.4 is 11.1 Å². The van der Waals surface area contributed by atoms with E-state index in [1.165, 1.54) is 0 Å². The summed E-state index contributed by atoms with van der Waals surface area (Å²) in [5.74, 6) is -0.294. The van der Waals surface area contributed by atoms with Gasteiger partial charge in [-0.2, -0.15) is 0 Å². The highest BCUT2D eigenvalue weighted by atomic mass is 16.5. The summed E-state index contributed by atoms with van der Waals surface area (Å²) in [6.07, 6.45) is 2.15. The molecule has 1 aliphatic heterocycles. The van der Waals surface area contributed by atoms with Gasteiger partial charge in [0.25, 0.3) is 0 Å². The summed E-state index contributed by atoms with van der Waals surface area (Å²) in [4.78, 5) is 13.6.